The molecule has 0 spiro atoms. The molecule has 2 rings (SSSR count). The summed E-state index contributed by atoms with van der Waals surface area (Å²) in [5.41, 5.74) is 0.938. The molecule has 1 aliphatic rings. The first kappa shape index (κ1) is 11.5. The van der Waals surface area contributed by atoms with E-state index in [4.69, 9.17) is 0 Å². The molecule has 0 aliphatic carbocycles. The fourth-order valence-electron chi connectivity index (χ4n) is 1.69. The van der Waals surface area contributed by atoms with E-state index in [9.17, 15) is 4.79 Å². The number of rotatable bonds is 4. The highest BCUT2D eigenvalue weighted by Gasteiger charge is 2.23. The zero-order valence-corrected chi connectivity index (χ0v) is 10.4. The molecule has 1 aromatic carbocycles. The zero-order chi connectivity index (χ0) is 11.5. The molecule has 0 N–H and O–H groups in total. The highest BCUT2D eigenvalue weighted by molar-refractivity contribution is 7.97. The Hall–Kier alpha value is -1.00. The van der Waals surface area contributed by atoms with Crippen molar-refractivity contribution in [2.45, 2.75) is 11.8 Å². The lowest BCUT2D eigenvalue weighted by molar-refractivity contribution is -0.107. The third-order valence-corrected chi connectivity index (χ3v) is 3.67. The smallest absolute Gasteiger partial charge is 0.213 e. The molecule has 1 amide bonds. The average molecular weight is 236 g/mol. The zero-order valence-electron chi connectivity index (χ0n) is 9.59. The standard InChI is InChI=1S/C12H16N2OS/c1-10-7-14(8-10)16-12-5-3-4-11(6-12)13(2)9-15/h3-6,9-10H,7-8H2,1-2H3. The largest absolute Gasteiger partial charge is 0.318 e. The quantitative estimate of drug-likeness (QED) is 0.591. The molecule has 0 bridgehead atoms. The molecule has 1 heterocycles. The van der Waals surface area contributed by atoms with Gasteiger partial charge in [0.05, 0.1) is 0 Å². The average Bonchev–Trinajstić information content (AvgIpc) is 2.26. The number of hydrogen-bond acceptors (Lipinski definition) is 3. The van der Waals surface area contributed by atoms with Gasteiger partial charge in [-0.1, -0.05) is 13.0 Å². The van der Waals surface area contributed by atoms with Gasteiger partial charge in [0.1, 0.15) is 0 Å². The lowest BCUT2D eigenvalue weighted by atomic mass is 10.1. The fraction of sp³-hybridized carbons (Fsp3) is 0.417. The Kier molecular flexibility index (Phi) is 3.51. The van der Waals surface area contributed by atoms with Crippen molar-refractivity contribution in [2.24, 2.45) is 5.92 Å². The molecule has 3 nitrogen and oxygen atoms in total. The van der Waals surface area contributed by atoms with Gasteiger partial charge in [-0.25, -0.2) is 4.31 Å². The first-order valence-corrected chi connectivity index (χ1v) is 6.17. The van der Waals surface area contributed by atoms with Crippen LogP contribution in [0.5, 0.6) is 0 Å². The monoisotopic (exact) mass is 236 g/mol. The number of carbonyl (C=O) groups excluding carboxylic acids is 1. The Morgan fingerprint density at radius 3 is 2.88 bits per heavy atom. The van der Waals surface area contributed by atoms with Crippen LogP contribution in [0.15, 0.2) is 29.2 Å². The van der Waals surface area contributed by atoms with E-state index in [1.54, 1.807) is 23.9 Å². The predicted molar refractivity (Wildman–Crippen MR) is 67.5 cm³/mol. The van der Waals surface area contributed by atoms with E-state index >= 15 is 0 Å². The Balaban J connectivity index is 2.01. The summed E-state index contributed by atoms with van der Waals surface area (Å²) in [4.78, 5) is 13.4. The Morgan fingerprint density at radius 1 is 1.50 bits per heavy atom. The summed E-state index contributed by atoms with van der Waals surface area (Å²) >= 11 is 1.77. The first-order chi connectivity index (χ1) is 7.69. The topological polar surface area (TPSA) is 23.6 Å². The lowest BCUT2D eigenvalue weighted by Gasteiger charge is -2.35. The van der Waals surface area contributed by atoms with Crippen LogP contribution in [0.3, 0.4) is 0 Å². The van der Waals surface area contributed by atoms with E-state index in [0.29, 0.717) is 0 Å². The van der Waals surface area contributed by atoms with E-state index < -0.39 is 0 Å². The SMILES string of the molecule is CC1CN(Sc2cccc(N(C)C=O)c2)C1. The summed E-state index contributed by atoms with van der Waals surface area (Å²) in [6.45, 7) is 4.56. The van der Waals surface area contributed by atoms with Crippen molar-refractivity contribution in [1.29, 1.82) is 0 Å². The molecule has 1 fully saturated rings. The number of anilines is 1. The van der Waals surface area contributed by atoms with E-state index in [0.717, 1.165) is 31.1 Å². The summed E-state index contributed by atoms with van der Waals surface area (Å²) in [5, 5.41) is 0. The van der Waals surface area contributed by atoms with E-state index in [-0.39, 0.29) is 0 Å². The molecule has 4 heteroatoms. The molecule has 16 heavy (non-hydrogen) atoms. The number of amides is 1. The summed E-state index contributed by atoms with van der Waals surface area (Å²) in [6, 6.07) is 8.05. The van der Waals surface area contributed by atoms with Crippen LogP contribution in [0, 0.1) is 5.92 Å². The van der Waals surface area contributed by atoms with Gasteiger partial charge in [0.15, 0.2) is 0 Å². The molecule has 1 aromatic rings. The summed E-state index contributed by atoms with van der Waals surface area (Å²) in [7, 11) is 1.77. The highest BCUT2D eigenvalue weighted by Crippen LogP contribution is 2.31. The number of benzene rings is 1. The molecule has 0 atom stereocenters. The van der Waals surface area contributed by atoms with Gasteiger partial charge in [0.2, 0.25) is 6.41 Å². The van der Waals surface area contributed by atoms with Crippen LogP contribution in [0.1, 0.15) is 6.92 Å². The molecular weight excluding hydrogens is 220 g/mol. The molecule has 1 aliphatic heterocycles. The van der Waals surface area contributed by atoms with Crippen LogP contribution in [0.2, 0.25) is 0 Å². The second-order valence-electron chi connectivity index (χ2n) is 4.26. The van der Waals surface area contributed by atoms with Crippen molar-refractivity contribution in [3.63, 3.8) is 0 Å². The maximum absolute atomic E-state index is 10.7. The second-order valence-corrected chi connectivity index (χ2v) is 5.43. The van der Waals surface area contributed by atoms with Crippen LogP contribution in [0.4, 0.5) is 5.69 Å². The van der Waals surface area contributed by atoms with Crippen molar-refractivity contribution in [1.82, 2.24) is 4.31 Å². The third kappa shape index (κ3) is 2.57. The van der Waals surface area contributed by atoms with Crippen LogP contribution in [-0.2, 0) is 4.79 Å². The molecular formula is C12H16N2OS. The minimum atomic E-state index is 0.813. The van der Waals surface area contributed by atoms with Crippen molar-refractivity contribution in [2.75, 3.05) is 25.0 Å². The van der Waals surface area contributed by atoms with E-state index in [1.807, 2.05) is 18.2 Å². The maximum Gasteiger partial charge on any atom is 0.213 e. The van der Waals surface area contributed by atoms with Crippen molar-refractivity contribution < 1.29 is 4.79 Å². The lowest BCUT2D eigenvalue weighted by Crippen LogP contribution is -2.39. The second kappa shape index (κ2) is 4.89. The van der Waals surface area contributed by atoms with Crippen LogP contribution in [0.25, 0.3) is 0 Å². The number of nitrogens with zero attached hydrogens (tertiary/aromatic N) is 2. The summed E-state index contributed by atoms with van der Waals surface area (Å²) in [5.74, 6) is 0.813. The van der Waals surface area contributed by atoms with Gasteiger partial charge >= 0.3 is 0 Å². The number of hydrogen-bond donors (Lipinski definition) is 0. The van der Waals surface area contributed by atoms with Gasteiger partial charge in [-0.15, -0.1) is 0 Å². The third-order valence-electron chi connectivity index (χ3n) is 2.65. The van der Waals surface area contributed by atoms with Gasteiger partial charge in [0.25, 0.3) is 0 Å². The maximum atomic E-state index is 10.7. The van der Waals surface area contributed by atoms with Crippen LogP contribution in [-0.4, -0.2) is 30.9 Å². The molecule has 1 saturated heterocycles. The van der Waals surface area contributed by atoms with Gasteiger partial charge in [-0.05, 0) is 36.1 Å². The number of carbonyl (C=O) groups is 1. The summed E-state index contributed by atoms with van der Waals surface area (Å²) in [6.07, 6.45) is 0.829. The molecule has 0 radical (unpaired) electrons. The molecule has 0 unspecified atom stereocenters. The molecule has 86 valence electrons. The highest BCUT2D eigenvalue weighted by atomic mass is 32.2. The first-order valence-electron chi connectivity index (χ1n) is 5.40. The minimum Gasteiger partial charge on any atom is -0.318 e. The molecule has 0 saturated carbocycles. The van der Waals surface area contributed by atoms with Gasteiger partial charge in [-0.2, -0.15) is 0 Å². The minimum absolute atomic E-state index is 0.813. The van der Waals surface area contributed by atoms with Crippen LogP contribution >= 0.6 is 11.9 Å². The predicted octanol–water partition coefficient (Wildman–Crippen LogP) is 2.24. The van der Waals surface area contributed by atoms with Gasteiger partial charge in [-0.3, -0.25) is 4.79 Å². The Labute approximate surface area is 101 Å². The van der Waals surface area contributed by atoms with Gasteiger partial charge in [0, 0.05) is 30.7 Å². The summed E-state index contributed by atoms with van der Waals surface area (Å²) < 4.78 is 2.34. The van der Waals surface area contributed by atoms with Gasteiger partial charge < -0.3 is 4.90 Å². The Morgan fingerprint density at radius 2 is 2.25 bits per heavy atom. The normalized spacial score (nSPS) is 16.9. The molecule has 0 aromatic heterocycles. The van der Waals surface area contributed by atoms with Crippen LogP contribution < -0.4 is 4.90 Å². The van der Waals surface area contributed by atoms with E-state index in [1.165, 1.54) is 4.90 Å². The Bertz CT molecular complexity index is 377. The van der Waals surface area contributed by atoms with Crippen molar-refractivity contribution in [3.05, 3.63) is 24.3 Å². The van der Waals surface area contributed by atoms with Crippen molar-refractivity contribution >= 4 is 24.0 Å². The van der Waals surface area contributed by atoms with Crippen molar-refractivity contribution in [3.8, 4) is 0 Å². The van der Waals surface area contributed by atoms with E-state index in [2.05, 4.69) is 17.3 Å². The fourth-order valence-corrected chi connectivity index (χ4v) is 2.95.